The van der Waals surface area contributed by atoms with Crippen molar-refractivity contribution in [3.8, 4) is 0 Å². The predicted octanol–water partition coefficient (Wildman–Crippen LogP) is 1.42. The summed E-state index contributed by atoms with van der Waals surface area (Å²) >= 11 is 0. The Morgan fingerprint density at radius 3 is 2.53 bits per heavy atom. The Labute approximate surface area is 102 Å². The number of aliphatic carboxylic acids is 1. The second kappa shape index (κ2) is 9.81. The first-order chi connectivity index (χ1) is 8.11. The standard InChI is InChI=1S/C12H20NO4/c1-2-3-4-5-8-11(15)13-10(12(16)17)7-6-9-14/h10H,2-8H2,1H3,(H,13,15)(H,16,17)/t10-/m1/s1. The lowest BCUT2D eigenvalue weighted by Gasteiger charge is -2.12. The molecule has 5 nitrogen and oxygen atoms in total. The minimum absolute atomic E-state index is 0.0209. The van der Waals surface area contributed by atoms with Crippen molar-refractivity contribution in [2.24, 2.45) is 0 Å². The van der Waals surface area contributed by atoms with Crippen molar-refractivity contribution in [1.82, 2.24) is 5.32 Å². The molecule has 97 valence electrons. The van der Waals surface area contributed by atoms with Gasteiger partial charge in [0, 0.05) is 12.8 Å². The summed E-state index contributed by atoms with van der Waals surface area (Å²) in [6.07, 6.45) is 6.00. The minimum Gasteiger partial charge on any atom is -0.480 e. The fraction of sp³-hybridized carbons (Fsp3) is 0.750. The molecular weight excluding hydrogens is 222 g/mol. The van der Waals surface area contributed by atoms with Gasteiger partial charge in [0.15, 0.2) is 6.29 Å². The lowest BCUT2D eigenvalue weighted by Crippen LogP contribution is -2.40. The maximum atomic E-state index is 11.4. The Hall–Kier alpha value is -1.39. The molecule has 0 aromatic heterocycles. The van der Waals surface area contributed by atoms with Crippen LogP contribution in [0.4, 0.5) is 0 Å². The summed E-state index contributed by atoms with van der Waals surface area (Å²) < 4.78 is 0. The fourth-order valence-corrected chi connectivity index (χ4v) is 1.44. The van der Waals surface area contributed by atoms with Gasteiger partial charge in [-0.05, 0) is 12.8 Å². The Bertz CT molecular complexity index is 253. The summed E-state index contributed by atoms with van der Waals surface area (Å²) in [7, 11) is 0. The smallest absolute Gasteiger partial charge is 0.326 e. The molecule has 0 rings (SSSR count). The number of carboxylic acids is 1. The van der Waals surface area contributed by atoms with E-state index in [2.05, 4.69) is 12.2 Å². The summed E-state index contributed by atoms with van der Waals surface area (Å²) in [5.74, 6) is -1.37. The normalized spacial score (nSPS) is 11.8. The van der Waals surface area contributed by atoms with E-state index in [0.717, 1.165) is 25.7 Å². The van der Waals surface area contributed by atoms with Gasteiger partial charge < -0.3 is 10.4 Å². The van der Waals surface area contributed by atoms with Crippen LogP contribution >= 0.6 is 0 Å². The van der Waals surface area contributed by atoms with Crippen LogP contribution in [0.3, 0.4) is 0 Å². The molecule has 0 aliphatic rings. The predicted molar refractivity (Wildman–Crippen MR) is 63.3 cm³/mol. The van der Waals surface area contributed by atoms with Crippen molar-refractivity contribution < 1.29 is 19.5 Å². The van der Waals surface area contributed by atoms with Crippen molar-refractivity contribution in [1.29, 1.82) is 0 Å². The highest BCUT2D eigenvalue weighted by atomic mass is 16.4. The highest BCUT2D eigenvalue weighted by molar-refractivity contribution is 5.83. The van der Waals surface area contributed by atoms with E-state index in [1.54, 1.807) is 6.29 Å². The maximum Gasteiger partial charge on any atom is 0.326 e. The summed E-state index contributed by atoms with van der Waals surface area (Å²) in [6.45, 7) is 2.08. The number of carboxylic acid groups (broad SMARTS) is 1. The third-order valence-electron chi connectivity index (χ3n) is 2.43. The summed E-state index contributed by atoms with van der Waals surface area (Å²) in [4.78, 5) is 32.2. The Balaban J connectivity index is 3.86. The first-order valence-electron chi connectivity index (χ1n) is 5.99. The van der Waals surface area contributed by atoms with E-state index < -0.39 is 12.0 Å². The van der Waals surface area contributed by atoms with Gasteiger partial charge in [-0.1, -0.05) is 26.2 Å². The van der Waals surface area contributed by atoms with Gasteiger partial charge in [0.1, 0.15) is 6.04 Å². The summed E-state index contributed by atoms with van der Waals surface area (Å²) in [5.41, 5.74) is 0. The molecule has 2 N–H and O–H groups in total. The van der Waals surface area contributed by atoms with Crippen molar-refractivity contribution in [2.75, 3.05) is 0 Å². The second-order valence-electron chi connectivity index (χ2n) is 3.95. The highest BCUT2D eigenvalue weighted by Gasteiger charge is 2.18. The molecule has 1 amide bonds. The molecule has 17 heavy (non-hydrogen) atoms. The molecule has 1 atom stereocenters. The molecule has 0 aliphatic heterocycles. The highest BCUT2D eigenvalue weighted by Crippen LogP contribution is 2.03. The van der Waals surface area contributed by atoms with Crippen LogP contribution in [0.2, 0.25) is 0 Å². The van der Waals surface area contributed by atoms with Crippen molar-refractivity contribution in [2.45, 2.75) is 57.9 Å². The minimum atomic E-state index is -1.11. The molecule has 0 heterocycles. The third kappa shape index (κ3) is 8.42. The number of carbonyl (C=O) groups excluding carboxylic acids is 2. The number of amides is 1. The zero-order valence-corrected chi connectivity index (χ0v) is 10.2. The SMILES string of the molecule is CCCCCCC(=O)N[C@H](CC[C]=O)C(=O)O. The van der Waals surface area contributed by atoms with E-state index >= 15 is 0 Å². The summed E-state index contributed by atoms with van der Waals surface area (Å²) in [5, 5.41) is 11.2. The molecule has 0 spiro atoms. The molecule has 5 heteroatoms. The van der Waals surface area contributed by atoms with Crippen LogP contribution < -0.4 is 5.32 Å². The number of hydrogen-bond donors (Lipinski definition) is 2. The monoisotopic (exact) mass is 242 g/mol. The Kier molecular flexibility index (Phi) is 9.01. The van der Waals surface area contributed by atoms with Gasteiger partial charge in [0.05, 0.1) is 0 Å². The van der Waals surface area contributed by atoms with Crippen LogP contribution in [0.25, 0.3) is 0 Å². The van der Waals surface area contributed by atoms with Crippen LogP contribution in [-0.4, -0.2) is 29.3 Å². The van der Waals surface area contributed by atoms with Crippen LogP contribution in [0.1, 0.15) is 51.9 Å². The molecule has 0 aromatic rings. The van der Waals surface area contributed by atoms with Gasteiger partial charge in [-0.2, -0.15) is 0 Å². The lowest BCUT2D eigenvalue weighted by molar-refractivity contribution is -0.142. The van der Waals surface area contributed by atoms with Crippen LogP contribution in [0.15, 0.2) is 0 Å². The second-order valence-corrected chi connectivity index (χ2v) is 3.95. The van der Waals surface area contributed by atoms with Gasteiger partial charge in [0.25, 0.3) is 0 Å². The number of hydrogen-bond acceptors (Lipinski definition) is 3. The molecule has 0 bridgehead atoms. The average Bonchev–Trinajstić information content (AvgIpc) is 2.29. The van der Waals surface area contributed by atoms with Gasteiger partial charge >= 0.3 is 5.97 Å². The van der Waals surface area contributed by atoms with Gasteiger partial charge in [-0.15, -0.1) is 0 Å². The zero-order chi connectivity index (χ0) is 13.1. The maximum absolute atomic E-state index is 11.4. The number of carbonyl (C=O) groups is 2. The van der Waals surface area contributed by atoms with E-state index in [1.807, 2.05) is 0 Å². The van der Waals surface area contributed by atoms with Gasteiger partial charge in [0.2, 0.25) is 5.91 Å². The Morgan fingerprint density at radius 2 is 2.00 bits per heavy atom. The first-order valence-corrected chi connectivity index (χ1v) is 5.99. The van der Waals surface area contributed by atoms with E-state index in [4.69, 9.17) is 5.11 Å². The van der Waals surface area contributed by atoms with E-state index in [-0.39, 0.29) is 18.7 Å². The molecule has 1 radical (unpaired) electrons. The van der Waals surface area contributed by atoms with Crippen molar-refractivity contribution >= 4 is 18.2 Å². The van der Waals surface area contributed by atoms with Gasteiger partial charge in [-0.25, -0.2) is 4.79 Å². The molecule has 0 unspecified atom stereocenters. The van der Waals surface area contributed by atoms with Gasteiger partial charge in [-0.3, -0.25) is 9.59 Å². The van der Waals surface area contributed by atoms with Crippen LogP contribution in [0, 0.1) is 0 Å². The molecule has 0 fully saturated rings. The van der Waals surface area contributed by atoms with E-state index in [0.29, 0.717) is 6.42 Å². The largest absolute Gasteiger partial charge is 0.480 e. The number of unbranched alkanes of at least 4 members (excludes halogenated alkanes) is 3. The lowest BCUT2D eigenvalue weighted by atomic mass is 10.1. The van der Waals surface area contributed by atoms with Crippen molar-refractivity contribution in [3.63, 3.8) is 0 Å². The molecule has 0 aliphatic carbocycles. The van der Waals surface area contributed by atoms with E-state index in [1.165, 1.54) is 0 Å². The Morgan fingerprint density at radius 1 is 1.29 bits per heavy atom. The number of nitrogens with one attached hydrogen (secondary N) is 1. The van der Waals surface area contributed by atoms with E-state index in [9.17, 15) is 14.4 Å². The fourth-order valence-electron chi connectivity index (χ4n) is 1.44. The zero-order valence-electron chi connectivity index (χ0n) is 10.2. The van der Waals surface area contributed by atoms with Crippen LogP contribution in [-0.2, 0) is 14.4 Å². The third-order valence-corrected chi connectivity index (χ3v) is 2.43. The molecule has 0 aromatic carbocycles. The molecule has 0 saturated heterocycles. The molecule has 0 saturated carbocycles. The van der Waals surface area contributed by atoms with Crippen molar-refractivity contribution in [3.05, 3.63) is 0 Å². The first kappa shape index (κ1) is 15.6. The quantitative estimate of drug-likeness (QED) is 0.567. The number of rotatable bonds is 10. The van der Waals surface area contributed by atoms with Crippen LogP contribution in [0.5, 0.6) is 0 Å². The summed E-state index contributed by atoms with van der Waals surface area (Å²) in [6, 6.07) is -0.977. The molecular formula is C12H20NO4. The average molecular weight is 242 g/mol. The topological polar surface area (TPSA) is 83.5 Å².